The number of hydrogen-bond donors (Lipinski definition) is 1. The fraction of sp³-hybridized carbons (Fsp3) is 0.0952. The zero-order valence-electron chi connectivity index (χ0n) is 15.4. The van der Waals surface area contributed by atoms with Gasteiger partial charge in [0.15, 0.2) is 5.69 Å². The molecule has 2 aromatic carbocycles. The summed E-state index contributed by atoms with van der Waals surface area (Å²) < 4.78 is 44.3. The van der Waals surface area contributed by atoms with Gasteiger partial charge in [0.1, 0.15) is 5.69 Å². The molecule has 0 unspecified atom stereocenters. The minimum Gasteiger partial charge on any atom is -0.350 e. The summed E-state index contributed by atoms with van der Waals surface area (Å²) in [5.41, 5.74) is 1.67. The Morgan fingerprint density at radius 2 is 1.77 bits per heavy atom. The molecular formula is C21H15F3N4O2. The third kappa shape index (κ3) is 4.24. The number of aromatic nitrogens is 3. The quantitative estimate of drug-likeness (QED) is 0.525. The van der Waals surface area contributed by atoms with E-state index in [-0.39, 0.29) is 12.3 Å². The van der Waals surface area contributed by atoms with Crippen LogP contribution in [-0.2, 0) is 12.7 Å². The lowest BCUT2D eigenvalue weighted by atomic mass is 10.1. The fourth-order valence-electron chi connectivity index (χ4n) is 2.78. The van der Waals surface area contributed by atoms with Crippen LogP contribution in [0.3, 0.4) is 0 Å². The van der Waals surface area contributed by atoms with E-state index in [1.807, 2.05) is 30.3 Å². The Bertz CT molecular complexity index is 1150. The first-order valence-electron chi connectivity index (χ1n) is 8.93. The van der Waals surface area contributed by atoms with E-state index in [9.17, 15) is 18.0 Å². The average molecular weight is 412 g/mol. The number of carbonyl (C=O) groups excluding carboxylic acids is 1. The van der Waals surface area contributed by atoms with E-state index in [0.717, 1.165) is 21.9 Å². The first-order chi connectivity index (χ1) is 14.4. The molecule has 0 radical (unpaired) electrons. The zero-order chi connectivity index (χ0) is 21.1. The standard InChI is InChI=1S/C21H15F3N4O2/c22-21(23,24)19-10-11-28(26-19)16-8-6-14(7-9-16)13-25-20(29)18-12-17(27-30-18)15-4-2-1-3-5-15/h1-12H,13H2,(H,25,29). The van der Waals surface area contributed by atoms with Crippen molar-refractivity contribution in [3.05, 3.63) is 89.9 Å². The van der Waals surface area contributed by atoms with Crippen molar-refractivity contribution >= 4 is 5.91 Å². The third-order valence-electron chi connectivity index (χ3n) is 4.34. The Balaban J connectivity index is 1.38. The lowest BCUT2D eigenvalue weighted by Gasteiger charge is -2.06. The molecule has 0 aliphatic carbocycles. The minimum absolute atomic E-state index is 0.0849. The molecule has 0 atom stereocenters. The number of benzene rings is 2. The highest BCUT2D eigenvalue weighted by molar-refractivity contribution is 5.92. The number of amides is 1. The Morgan fingerprint density at radius 3 is 2.43 bits per heavy atom. The molecule has 0 bridgehead atoms. The molecule has 9 heteroatoms. The van der Waals surface area contributed by atoms with Gasteiger partial charge < -0.3 is 9.84 Å². The van der Waals surface area contributed by atoms with Crippen molar-refractivity contribution in [3.63, 3.8) is 0 Å². The summed E-state index contributed by atoms with van der Waals surface area (Å²) in [7, 11) is 0. The Morgan fingerprint density at radius 1 is 1.03 bits per heavy atom. The van der Waals surface area contributed by atoms with E-state index in [2.05, 4.69) is 15.6 Å². The van der Waals surface area contributed by atoms with Crippen LogP contribution in [0, 0.1) is 0 Å². The van der Waals surface area contributed by atoms with Gasteiger partial charge in [-0.3, -0.25) is 4.79 Å². The van der Waals surface area contributed by atoms with Gasteiger partial charge in [-0.15, -0.1) is 0 Å². The highest BCUT2D eigenvalue weighted by Gasteiger charge is 2.33. The molecule has 1 N–H and O–H groups in total. The van der Waals surface area contributed by atoms with Crippen molar-refractivity contribution in [2.45, 2.75) is 12.7 Å². The molecule has 0 fully saturated rings. The molecule has 6 nitrogen and oxygen atoms in total. The van der Waals surface area contributed by atoms with Crippen LogP contribution < -0.4 is 5.32 Å². The molecule has 0 spiro atoms. The zero-order valence-corrected chi connectivity index (χ0v) is 15.4. The predicted octanol–water partition coefficient (Wildman–Crippen LogP) is 4.48. The van der Waals surface area contributed by atoms with Crippen LogP contribution in [0.25, 0.3) is 16.9 Å². The van der Waals surface area contributed by atoms with Crippen molar-refractivity contribution in [3.8, 4) is 16.9 Å². The maximum absolute atomic E-state index is 12.7. The van der Waals surface area contributed by atoms with E-state index in [4.69, 9.17) is 4.52 Å². The summed E-state index contributed by atoms with van der Waals surface area (Å²) in [6.45, 7) is 0.216. The van der Waals surface area contributed by atoms with Crippen molar-refractivity contribution in [2.75, 3.05) is 0 Å². The second-order valence-corrected chi connectivity index (χ2v) is 6.43. The van der Waals surface area contributed by atoms with Gasteiger partial charge in [-0.25, -0.2) is 4.68 Å². The SMILES string of the molecule is O=C(NCc1ccc(-n2ccc(C(F)(F)F)n2)cc1)c1cc(-c2ccccc2)no1. The second-order valence-electron chi connectivity index (χ2n) is 6.43. The number of hydrogen-bond acceptors (Lipinski definition) is 4. The molecule has 0 saturated carbocycles. The van der Waals surface area contributed by atoms with Gasteiger partial charge in [0, 0.05) is 24.4 Å². The van der Waals surface area contributed by atoms with Gasteiger partial charge in [-0.05, 0) is 23.8 Å². The van der Waals surface area contributed by atoms with Crippen LogP contribution >= 0.6 is 0 Å². The summed E-state index contributed by atoms with van der Waals surface area (Å²) in [5, 5.41) is 10.1. The molecule has 0 saturated heterocycles. The summed E-state index contributed by atoms with van der Waals surface area (Å²) >= 11 is 0. The number of nitrogens with one attached hydrogen (secondary N) is 1. The van der Waals surface area contributed by atoms with Gasteiger partial charge in [-0.2, -0.15) is 18.3 Å². The van der Waals surface area contributed by atoms with E-state index in [1.54, 1.807) is 30.3 Å². The first-order valence-corrected chi connectivity index (χ1v) is 8.93. The summed E-state index contributed by atoms with van der Waals surface area (Å²) in [4.78, 5) is 12.3. The summed E-state index contributed by atoms with van der Waals surface area (Å²) in [6, 6.07) is 18.4. The highest BCUT2D eigenvalue weighted by atomic mass is 19.4. The topological polar surface area (TPSA) is 73.0 Å². The summed E-state index contributed by atoms with van der Waals surface area (Å²) in [6.07, 6.45) is -3.25. The largest absolute Gasteiger partial charge is 0.435 e. The van der Waals surface area contributed by atoms with Crippen molar-refractivity contribution in [2.24, 2.45) is 0 Å². The molecule has 2 aromatic heterocycles. The smallest absolute Gasteiger partial charge is 0.350 e. The first kappa shape index (κ1) is 19.4. The monoisotopic (exact) mass is 412 g/mol. The van der Waals surface area contributed by atoms with Gasteiger partial charge in [0.25, 0.3) is 5.91 Å². The normalized spacial score (nSPS) is 11.4. The highest BCUT2D eigenvalue weighted by Crippen LogP contribution is 2.28. The third-order valence-corrected chi connectivity index (χ3v) is 4.34. The van der Waals surface area contributed by atoms with Crippen LogP contribution in [0.2, 0.25) is 0 Å². The lowest BCUT2D eigenvalue weighted by Crippen LogP contribution is -2.22. The predicted molar refractivity (Wildman–Crippen MR) is 102 cm³/mol. The maximum atomic E-state index is 12.7. The molecule has 30 heavy (non-hydrogen) atoms. The van der Waals surface area contributed by atoms with Crippen LogP contribution in [0.1, 0.15) is 21.8 Å². The van der Waals surface area contributed by atoms with Crippen molar-refractivity contribution < 1.29 is 22.5 Å². The Kier molecular flexibility index (Phi) is 5.09. The maximum Gasteiger partial charge on any atom is 0.435 e. The Labute approximate surface area is 168 Å². The molecule has 0 aliphatic rings. The number of alkyl halides is 3. The molecule has 0 aliphatic heterocycles. The van der Waals surface area contributed by atoms with Crippen molar-refractivity contribution in [1.29, 1.82) is 0 Å². The van der Waals surface area contributed by atoms with Crippen LogP contribution in [0.15, 0.2) is 77.4 Å². The molecular weight excluding hydrogens is 397 g/mol. The minimum atomic E-state index is -4.49. The van der Waals surface area contributed by atoms with E-state index >= 15 is 0 Å². The summed E-state index contributed by atoms with van der Waals surface area (Å²) in [5.74, 6) is -0.336. The van der Waals surface area contributed by atoms with Crippen molar-refractivity contribution in [1.82, 2.24) is 20.3 Å². The number of halogens is 3. The van der Waals surface area contributed by atoms with Gasteiger partial charge in [0.2, 0.25) is 5.76 Å². The van der Waals surface area contributed by atoms with Gasteiger partial charge in [-0.1, -0.05) is 47.6 Å². The number of nitrogens with zero attached hydrogens (tertiary/aromatic N) is 3. The van der Waals surface area contributed by atoms with Crippen LogP contribution in [-0.4, -0.2) is 20.8 Å². The van der Waals surface area contributed by atoms with E-state index < -0.39 is 17.8 Å². The van der Waals surface area contributed by atoms with Crippen LogP contribution in [0.4, 0.5) is 13.2 Å². The average Bonchev–Trinajstić information content (AvgIpc) is 3.43. The molecule has 152 valence electrons. The second kappa shape index (κ2) is 7.86. The van der Waals surface area contributed by atoms with Gasteiger partial charge >= 0.3 is 6.18 Å². The lowest BCUT2D eigenvalue weighted by molar-refractivity contribution is -0.141. The Hall–Kier alpha value is -3.88. The fourth-order valence-corrected chi connectivity index (χ4v) is 2.78. The molecule has 4 aromatic rings. The number of carbonyl (C=O) groups is 1. The number of rotatable bonds is 5. The van der Waals surface area contributed by atoms with Gasteiger partial charge in [0.05, 0.1) is 5.69 Å². The van der Waals surface area contributed by atoms with E-state index in [0.29, 0.717) is 11.4 Å². The molecule has 2 heterocycles. The van der Waals surface area contributed by atoms with Crippen LogP contribution in [0.5, 0.6) is 0 Å². The molecule has 1 amide bonds. The van der Waals surface area contributed by atoms with E-state index in [1.165, 1.54) is 6.20 Å². The molecule has 4 rings (SSSR count).